The lowest BCUT2D eigenvalue weighted by atomic mass is 9.96. The number of carbonyl (C=O) groups is 1. The zero-order valence-corrected chi connectivity index (χ0v) is 15.7. The van der Waals surface area contributed by atoms with Crippen LogP contribution in [-0.2, 0) is 0 Å². The standard InChI is InChI=1S/C24H23FN2O/c25-22-13-11-20(12-14-22)23(19-7-3-1-4-8-19)26-15-17-27(18-16-26)24(28)21-9-5-2-6-10-21/h1-14,23H,15-18H2. The fourth-order valence-corrected chi connectivity index (χ4v) is 3.84. The molecule has 1 amide bonds. The van der Waals surface area contributed by atoms with Gasteiger partial charge in [-0.1, -0.05) is 60.7 Å². The summed E-state index contributed by atoms with van der Waals surface area (Å²) in [5.41, 5.74) is 2.97. The molecule has 1 aliphatic rings. The highest BCUT2D eigenvalue weighted by molar-refractivity contribution is 5.94. The quantitative estimate of drug-likeness (QED) is 0.677. The molecule has 4 heteroatoms. The maximum absolute atomic E-state index is 13.4. The van der Waals surface area contributed by atoms with Crippen molar-refractivity contribution in [3.8, 4) is 0 Å². The molecule has 0 N–H and O–H groups in total. The number of nitrogens with zero attached hydrogens (tertiary/aromatic N) is 2. The van der Waals surface area contributed by atoms with E-state index in [4.69, 9.17) is 0 Å². The predicted octanol–water partition coefficient (Wildman–Crippen LogP) is 4.37. The lowest BCUT2D eigenvalue weighted by Gasteiger charge is -2.39. The average molecular weight is 374 g/mol. The highest BCUT2D eigenvalue weighted by atomic mass is 19.1. The highest BCUT2D eigenvalue weighted by Crippen LogP contribution is 2.30. The van der Waals surface area contributed by atoms with E-state index in [1.54, 1.807) is 0 Å². The van der Waals surface area contributed by atoms with Crippen LogP contribution in [0, 0.1) is 5.82 Å². The molecule has 1 atom stereocenters. The largest absolute Gasteiger partial charge is 0.336 e. The molecule has 1 unspecified atom stereocenters. The molecule has 0 aliphatic carbocycles. The lowest BCUT2D eigenvalue weighted by Crippen LogP contribution is -2.49. The van der Waals surface area contributed by atoms with Crippen LogP contribution in [0.5, 0.6) is 0 Å². The van der Waals surface area contributed by atoms with Crippen molar-refractivity contribution in [1.29, 1.82) is 0 Å². The maximum atomic E-state index is 13.4. The first-order chi connectivity index (χ1) is 13.7. The molecule has 1 aliphatic heterocycles. The Morgan fingerprint density at radius 2 is 1.25 bits per heavy atom. The van der Waals surface area contributed by atoms with Gasteiger partial charge < -0.3 is 4.90 Å². The molecular formula is C24H23FN2O. The third kappa shape index (κ3) is 3.97. The van der Waals surface area contributed by atoms with Crippen molar-refractivity contribution in [2.24, 2.45) is 0 Å². The Hall–Kier alpha value is -2.98. The van der Waals surface area contributed by atoms with Crippen molar-refractivity contribution in [1.82, 2.24) is 9.80 Å². The lowest BCUT2D eigenvalue weighted by molar-refractivity contribution is 0.0597. The fraction of sp³-hybridized carbons (Fsp3) is 0.208. The number of halogens is 1. The Morgan fingerprint density at radius 1 is 0.714 bits per heavy atom. The SMILES string of the molecule is O=C(c1ccccc1)N1CCN(C(c2ccccc2)c2ccc(F)cc2)CC1. The topological polar surface area (TPSA) is 23.6 Å². The van der Waals surface area contributed by atoms with Gasteiger partial charge in [-0.15, -0.1) is 0 Å². The number of hydrogen-bond donors (Lipinski definition) is 0. The van der Waals surface area contributed by atoms with Gasteiger partial charge in [-0.05, 0) is 35.4 Å². The van der Waals surface area contributed by atoms with E-state index < -0.39 is 0 Å². The van der Waals surface area contributed by atoms with Crippen LogP contribution in [0.4, 0.5) is 4.39 Å². The van der Waals surface area contributed by atoms with Gasteiger partial charge in [0, 0.05) is 31.7 Å². The molecule has 1 fully saturated rings. The minimum Gasteiger partial charge on any atom is -0.336 e. The summed E-state index contributed by atoms with van der Waals surface area (Å²) in [6, 6.07) is 26.5. The normalized spacial score (nSPS) is 16.0. The Morgan fingerprint density at radius 3 is 1.86 bits per heavy atom. The summed E-state index contributed by atoms with van der Waals surface area (Å²) in [6.07, 6.45) is 0. The molecule has 0 bridgehead atoms. The van der Waals surface area contributed by atoms with E-state index in [1.807, 2.05) is 65.6 Å². The number of benzene rings is 3. The molecule has 1 heterocycles. The first-order valence-corrected chi connectivity index (χ1v) is 9.61. The molecule has 0 radical (unpaired) electrons. The second-order valence-electron chi connectivity index (χ2n) is 7.06. The van der Waals surface area contributed by atoms with E-state index in [0.717, 1.165) is 24.2 Å². The van der Waals surface area contributed by atoms with Crippen LogP contribution in [0.1, 0.15) is 27.5 Å². The summed E-state index contributed by atoms with van der Waals surface area (Å²) in [7, 11) is 0. The number of amides is 1. The molecule has 3 aromatic carbocycles. The number of carbonyl (C=O) groups excluding carboxylic acids is 1. The van der Waals surface area contributed by atoms with E-state index in [9.17, 15) is 9.18 Å². The van der Waals surface area contributed by atoms with Gasteiger partial charge in [0.15, 0.2) is 0 Å². The Kier molecular flexibility index (Phi) is 5.49. The fourth-order valence-electron chi connectivity index (χ4n) is 3.84. The first-order valence-electron chi connectivity index (χ1n) is 9.61. The third-order valence-corrected chi connectivity index (χ3v) is 5.29. The number of hydrogen-bond acceptors (Lipinski definition) is 2. The molecule has 142 valence electrons. The summed E-state index contributed by atoms with van der Waals surface area (Å²) in [5, 5.41) is 0. The van der Waals surface area contributed by atoms with E-state index in [1.165, 1.54) is 17.7 Å². The number of piperazine rings is 1. The molecule has 28 heavy (non-hydrogen) atoms. The minimum atomic E-state index is -0.228. The molecule has 0 aromatic heterocycles. The minimum absolute atomic E-state index is 0.0516. The molecule has 0 saturated carbocycles. The van der Waals surface area contributed by atoms with Crippen molar-refractivity contribution in [2.45, 2.75) is 6.04 Å². The van der Waals surface area contributed by atoms with E-state index in [-0.39, 0.29) is 17.8 Å². The Labute approximate surface area is 165 Å². The molecule has 0 spiro atoms. The summed E-state index contributed by atoms with van der Waals surface area (Å²) < 4.78 is 13.4. The average Bonchev–Trinajstić information content (AvgIpc) is 2.77. The summed E-state index contributed by atoms with van der Waals surface area (Å²) in [6.45, 7) is 2.90. The van der Waals surface area contributed by atoms with Crippen LogP contribution in [0.3, 0.4) is 0 Å². The van der Waals surface area contributed by atoms with Crippen molar-refractivity contribution in [2.75, 3.05) is 26.2 Å². The van der Waals surface area contributed by atoms with Gasteiger partial charge in [-0.25, -0.2) is 4.39 Å². The number of rotatable bonds is 4. The Balaban J connectivity index is 1.53. The van der Waals surface area contributed by atoms with Gasteiger partial charge in [0.25, 0.3) is 5.91 Å². The predicted molar refractivity (Wildman–Crippen MR) is 109 cm³/mol. The van der Waals surface area contributed by atoms with E-state index in [2.05, 4.69) is 17.0 Å². The maximum Gasteiger partial charge on any atom is 0.253 e. The van der Waals surface area contributed by atoms with Crippen LogP contribution in [0.2, 0.25) is 0 Å². The van der Waals surface area contributed by atoms with Crippen LogP contribution in [-0.4, -0.2) is 41.9 Å². The molecule has 3 nitrogen and oxygen atoms in total. The van der Waals surface area contributed by atoms with Gasteiger partial charge in [-0.3, -0.25) is 9.69 Å². The van der Waals surface area contributed by atoms with Gasteiger partial charge in [-0.2, -0.15) is 0 Å². The highest BCUT2D eigenvalue weighted by Gasteiger charge is 2.28. The molecule has 3 aromatic rings. The van der Waals surface area contributed by atoms with E-state index in [0.29, 0.717) is 13.1 Å². The summed E-state index contributed by atoms with van der Waals surface area (Å²) in [4.78, 5) is 17.0. The van der Waals surface area contributed by atoms with Crippen LogP contribution < -0.4 is 0 Å². The van der Waals surface area contributed by atoms with Crippen LogP contribution in [0.25, 0.3) is 0 Å². The third-order valence-electron chi connectivity index (χ3n) is 5.29. The van der Waals surface area contributed by atoms with Gasteiger partial charge >= 0.3 is 0 Å². The zero-order valence-electron chi connectivity index (χ0n) is 15.7. The van der Waals surface area contributed by atoms with Crippen LogP contribution >= 0.6 is 0 Å². The van der Waals surface area contributed by atoms with Gasteiger partial charge in [0.05, 0.1) is 6.04 Å². The van der Waals surface area contributed by atoms with Crippen molar-refractivity contribution in [3.05, 3.63) is 107 Å². The van der Waals surface area contributed by atoms with Crippen molar-refractivity contribution in [3.63, 3.8) is 0 Å². The monoisotopic (exact) mass is 374 g/mol. The summed E-state index contributed by atoms with van der Waals surface area (Å²) in [5.74, 6) is -0.146. The summed E-state index contributed by atoms with van der Waals surface area (Å²) >= 11 is 0. The van der Waals surface area contributed by atoms with Gasteiger partial charge in [0.1, 0.15) is 5.82 Å². The molecular weight excluding hydrogens is 351 g/mol. The second-order valence-corrected chi connectivity index (χ2v) is 7.06. The van der Waals surface area contributed by atoms with Crippen molar-refractivity contribution >= 4 is 5.91 Å². The van der Waals surface area contributed by atoms with Gasteiger partial charge in [0.2, 0.25) is 0 Å². The molecule has 1 saturated heterocycles. The first kappa shape index (κ1) is 18.4. The molecule has 4 rings (SSSR count). The second kappa shape index (κ2) is 8.36. The van der Waals surface area contributed by atoms with E-state index >= 15 is 0 Å². The smallest absolute Gasteiger partial charge is 0.253 e. The Bertz CT molecular complexity index is 904. The van der Waals surface area contributed by atoms with Crippen molar-refractivity contribution < 1.29 is 9.18 Å². The zero-order chi connectivity index (χ0) is 19.3. The van der Waals surface area contributed by atoms with Crippen LogP contribution in [0.15, 0.2) is 84.9 Å².